The Hall–Kier alpha value is -3.61. The van der Waals surface area contributed by atoms with Gasteiger partial charge in [0, 0.05) is 13.2 Å². The van der Waals surface area contributed by atoms with E-state index in [0.29, 0.717) is 22.4 Å². The van der Waals surface area contributed by atoms with Crippen LogP contribution in [0.3, 0.4) is 0 Å². The summed E-state index contributed by atoms with van der Waals surface area (Å²) in [6, 6.07) is 3.18. The Labute approximate surface area is 183 Å². The molecular weight excluding hydrogens is 392 g/mol. The standard InChI is InChI=1S/C24H28N4O3.H2/c1-14(2)28-23(30)18-12-15(3)11-17(22(18)24(28)31)13-21(29)27-20(26)10-9-19(25)16-7-5-4-6-8-16;/h5,7-12,14H,4,6,13,25-26H2,1-3H3,(H,27,29);1H/b19-9-,20-10+;. The first-order valence-electron chi connectivity index (χ1n) is 10.3. The first-order valence-corrected chi connectivity index (χ1v) is 10.3. The number of hydrogen-bond acceptors (Lipinski definition) is 5. The molecule has 0 saturated heterocycles. The van der Waals surface area contributed by atoms with Gasteiger partial charge in [-0.1, -0.05) is 24.3 Å². The number of nitrogens with two attached hydrogens (primary N) is 2. The molecule has 7 nitrogen and oxygen atoms in total. The Morgan fingerprint density at radius 2 is 1.94 bits per heavy atom. The van der Waals surface area contributed by atoms with Crippen molar-refractivity contribution in [2.75, 3.05) is 0 Å². The minimum absolute atomic E-state index is 0. The molecule has 0 aromatic heterocycles. The fourth-order valence-corrected chi connectivity index (χ4v) is 3.76. The van der Waals surface area contributed by atoms with Crippen molar-refractivity contribution in [2.24, 2.45) is 11.5 Å². The largest absolute Gasteiger partial charge is 0.398 e. The van der Waals surface area contributed by atoms with Crippen molar-refractivity contribution in [2.45, 2.75) is 46.1 Å². The van der Waals surface area contributed by atoms with Crippen molar-refractivity contribution in [3.05, 3.63) is 81.9 Å². The van der Waals surface area contributed by atoms with Crippen LogP contribution in [0.5, 0.6) is 0 Å². The lowest BCUT2D eigenvalue weighted by Crippen LogP contribution is -2.36. The third kappa shape index (κ3) is 4.77. The van der Waals surface area contributed by atoms with Crippen LogP contribution in [0.25, 0.3) is 0 Å². The number of amides is 3. The molecule has 0 spiro atoms. The number of carbonyl (C=O) groups excluding carboxylic acids is 3. The van der Waals surface area contributed by atoms with Gasteiger partial charge in [-0.2, -0.15) is 0 Å². The highest BCUT2D eigenvalue weighted by Crippen LogP contribution is 2.29. The van der Waals surface area contributed by atoms with Crippen LogP contribution in [0, 0.1) is 6.92 Å². The number of imide groups is 1. The minimum atomic E-state index is -0.381. The van der Waals surface area contributed by atoms with Gasteiger partial charge in [0.15, 0.2) is 0 Å². The van der Waals surface area contributed by atoms with Crippen LogP contribution in [0.1, 0.15) is 60.0 Å². The fourth-order valence-electron chi connectivity index (χ4n) is 3.76. The van der Waals surface area contributed by atoms with Gasteiger partial charge in [-0.05, 0) is 68.5 Å². The number of carbonyl (C=O) groups is 3. The van der Waals surface area contributed by atoms with Crippen molar-refractivity contribution >= 4 is 17.7 Å². The lowest BCUT2D eigenvalue weighted by atomic mass is 9.97. The SMILES string of the molecule is Cc1cc(CC(=O)N/C(N)=C/C=C(\N)C2=CCCC=C2)c2c(c1)C(=O)N(C(C)C)C2=O.[HH]. The van der Waals surface area contributed by atoms with E-state index in [9.17, 15) is 14.4 Å². The third-order valence-electron chi connectivity index (χ3n) is 5.17. The van der Waals surface area contributed by atoms with Crippen molar-refractivity contribution in [3.8, 4) is 0 Å². The van der Waals surface area contributed by atoms with Crippen molar-refractivity contribution in [1.82, 2.24) is 10.2 Å². The van der Waals surface area contributed by atoms with E-state index in [0.717, 1.165) is 24.0 Å². The summed E-state index contributed by atoms with van der Waals surface area (Å²) < 4.78 is 0. The molecule has 0 radical (unpaired) electrons. The lowest BCUT2D eigenvalue weighted by molar-refractivity contribution is -0.119. The summed E-state index contributed by atoms with van der Waals surface area (Å²) in [5, 5.41) is 2.61. The molecule has 1 heterocycles. The van der Waals surface area contributed by atoms with Crippen LogP contribution in [0.2, 0.25) is 0 Å². The van der Waals surface area contributed by atoms with Gasteiger partial charge in [0.25, 0.3) is 11.8 Å². The maximum absolute atomic E-state index is 12.8. The van der Waals surface area contributed by atoms with E-state index in [-0.39, 0.29) is 37.4 Å². The van der Waals surface area contributed by atoms with Crippen LogP contribution >= 0.6 is 0 Å². The molecule has 1 aromatic rings. The summed E-state index contributed by atoms with van der Waals surface area (Å²) in [7, 11) is 0. The van der Waals surface area contributed by atoms with Crippen molar-refractivity contribution < 1.29 is 15.8 Å². The molecule has 0 unspecified atom stereocenters. The molecule has 0 atom stereocenters. The van der Waals surface area contributed by atoms with E-state index in [4.69, 9.17) is 11.5 Å². The maximum Gasteiger partial charge on any atom is 0.262 e. The molecule has 3 amide bonds. The highest BCUT2D eigenvalue weighted by Gasteiger charge is 2.39. The number of benzene rings is 1. The number of rotatable bonds is 6. The van der Waals surface area contributed by atoms with Crippen molar-refractivity contribution in [3.63, 3.8) is 0 Å². The first-order chi connectivity index (χ1) is 14.7. The highest BCUT2D eigenvalue weighted by atomic mass is 16.2. The molecule has 5 N–H and O–H groups in total. The maximum atomic E-state index is 12.8. The molecule has 2 aliphatic rings. The van der Waals surface area contributed by atoms with E-state index >= 15 is 0 Å². The number of allylic oxidation sites excluding steroid dienone is 5. The molecule has 0 saturated carbocycles. The zero-order valence-corrected chi connectivity index (χ0v) is 18.1. The number of aryl methyl sites for hydroxylation is 1. The van der Waals surface area contributed by atoms with Gasteiger partial charge in [0.1, 0.15) is 5.82 Å². The van der Waals surface area contributed by atoms with E-state index in [1.54, 1.807) is 32.1 Å². The zero-order chi connectivity index (χ0) is 22.7. The Morgan fingerprint density at radius 1 is 1.19 bits per heavy atom. The smallest absolute Gasteiger partial charge is 0.262 e. The van der Waals surface area contributed by atoms with Gasteiger partial charge in [0.2, 0.25) is 5.91 Å². The van der Waals surface area contributed by atoms with Crippen LogP contribution < -0.4 is 16.8 Å². The summed E-state index contributed by atoms with van der Waals surface area (Å²) in [5.41, 5.74) is 15.4. The van der Waals surface area contributed by atoms with E-state index < -0.39 is 0 Å². The first kappa shape index (κ1) is 22.1. The van der Waals surface area contributed by atoms with Gasteiger partial charge in [0.05, 0.1) is 17.5 Å². The molecule has 0 fully saturated rings. The van der Waals surface area contributed by atoms with Crippen LogP contribution in [-0.2, 0) is 11.2 Å². The van der Waals surface area contributed by atoms with E-state index in [1.165, 1.54) is 11.0 Å². The molecule has 0 bridgehead atoms. The fraction of sp³-hybridized carbons (Fsp3) is 0.292. The van der Waals surface area contributed by atoms with Gasteiger partial charge in [-0.3, -0.25) is 19.3 Å². The minimum Gasteiger partial charge on any atom is -0.398 e. The molecule has 1 aromatic carbocycles. The topological polar surface area (TPSA) is 119 Å². The van der Waals surface area contributed by atoms with Gasteiger partial charge in [-0.25, -0.2) is 0 Å². The third-order valence-corrected chi connectivity index (χ3v) is 5.17. The Bertz CT molecular complexity index is 1070. The number of fused-ring (bicyclic) bond motifs is 1. The predicted molar refractivity (Wildman–Crippen MR) is 122 cm³/mol. The van der Waals surface area contributed by atoms with E-state index in [2.05, 4.69) is 11.4 Å². The second kappa shape index (κ2) is 9.04. The van der Waals surface area contributed by atoms with Crippen LogP contribution in [-0.4, -0.2) is 28.7 Å². The van der Waals surface area contributed by atoms with Crippen molar-refractivity contribution in [1.29, 1.82) is 0 Å². The summed E-state index contributed by atoms with van der Waals surface area (Å²) >= 11 is 0. The summed E-state index contributed by atoms with van der Waals surface area (Å²) in [5.74, 6) is -0.935. The molecule has 1 aliphatic carbocycles. The lowest BCUT2D eigenvalue weighted by Gasteiger charge is -2.18. The number of nitrogens with zero attached hydrogens (tertiary/aromatic N) is 1. The molecule has 3 rings (SSSR count). The highest BCUT2D eigenvalue weighted by molar-refractivity contribution is 6.22. The van der Waals surface area contributed by atoms with Gasteiger partial charge < -0.3 is 16.8 Å². The molecule has 31 heavy (non-hydrogen) atoms. The number of hydrogen-bond donors (Lipinski definition) is 3. The van der Waals surface area contributed by atoms with Crippen LogP contribution in [0.4, 0.5) is 0 Å². The average Bonchev–Trinajstić information content (AvgIpc) is 2.96. The van der Waals surface area contributed by atoms with Crippen LogP contribution in [0.15, 0.2) is 59.6 Å². The summed E-state index contributed by atoms with van der Waals surface area (Å²) in [6.45, 7) is 5.39. The summed E-state index contributed by atoms with van der Waals surface area (Å²) in [6.07, 6.45) is 11.1. The quantitative estimate of drug-likeness (QED) is 0.481. The Kier molecular flexibility index (Phi) is 6.44. The number of nitrogens with one attached hydrogen (secondary N) is 1. The molecule has 7 heteroatoms. The zero-order valence-electron chi connectivity index (χ0n) is 18.1. The van der Waals surface area contributed by atoms with E-state index in [1.807, 2.05) is 19.1 Å². The Morgan fingerprint density at radius 3 is 2.58 bits per heavy atom. The van der Waals surface area contributed by atoms with Gasteiger partial charge >= 0.3 is 0 Å². The molecule has 164 valence electrons. The van der Waals surface area contributed by atoms with Gasteiger partial charge in [-0.15, -0.1) is 0 Å². The monoisotopic (exact) mass is 422 g/mol. The molecular formula is C24H30N4O3. The normalized spacial score (nSPS) is 16.6. The second-order valence-electron chi connectivity index (χ2n) is 8.03. The summed E-state index contributed by atoms with van der Waals surface area (Å²) in [4.78, 5) is 39.3. The predicted octanol–water partition coefficient (Wildman–Crippen LogP) is 2.82. The average molecular weight is 423 g/mol. The molecule has 1 aliphatic heterocycles. The second-order valence-corrected chi connectivity index (χ2v) is 8.03. The Balaban J connectivity index is 0.00000363.